The number of aromatic nitrogens is 1. The molecule has 0 amide bonds. The molecule has 1 fully saturated rings. The third-order valence-corrected chi connectivity index (χ3v) is 5.35. The summed E-state index contributed by atoms with van der Waals surface area (Å²) in [7, 11) is 0. The van der Waals surface area contributed by atoms with E-state index in [9.17, 15) is 0 Å². The second-order valence-corrected chi connectivity index (χ2v) is 6.41. The highest BCUT2D eigenvalue weighted by atomic mass is 32.1. The van der Waals surface area contributed by atoms with Gasteiger partial charge in [-0.3, -0.25) is 0 Å². The summed E-state index contributed by atoms with van der Waals surface area (Å²) in [6.07, 6.45) is 7.48. The van der Waals surface area contributed by atoms with Gasteiger partial charge in [0.05, 0.1) is 5.69 Å². The molecule has 0 atom stereocenters. The molecule has 3 rings (SSSR count). The third kappa shape index (κ3) is 2.34. The van der Waals surface area contributed by atoms with E-state index in [0.717, 1.165) is 6.42 Å². The predicted molar refractivity (Wildman–Crippen MR) is 81.8 cm³/mol. The Bertz CT molecular complexity index is 523. The van der Waals surface area contributed by atoms with Gasteiger partial charge in [0, 0.05) is 10.8 Å². The van der Waals surface area contributed by atoms with Crippen LogP contribution in [0.4, 0.5) is 0 Å². The van der Waals surface area contributed by atoms with E-state index in [1.165, 1.54) is 48.4 Å². The summed E-state index contributed by atoms with van der Waals surface area (Å²) >= 11 is 1.87. The summed E-state index contributed by atoms with van der Waals surface area (Å²) in [6.45, 7) is 2.22. The molecule has 0 N–H and O–H groups in total. The topological polar surface area (TPSA) is 12.9 Å². The lowest BCUT2D eigenvalue weighted by atomic mass is 9.79. The van der Waals surface area contributed by atoms with Crippen LogP contribution in [0.25, 0.3) is 0 Å². The first-order valence-corrected chi connectivity index (χ1v) is 8.23. The molecular weight excluding hydrogens is 250 g/mol. The van der Waals surface area contributed by atoms with E-state index in [2.05, 4.69) is 42.6 Å². The maximum atomic E-state index is 4.95. The van der Waals surface area contributed by atoms with Gasteiger partial charge in [0.15, 0.2) is 0 Å². The Morgan fingerprint density at radius 3 is 2.58 bits per heavy atom. The maximum Gasteiger partial charge on any atom is 0.103 e. The van der Waals surface area contributed by atoms with Crippen LogP contribution >= 0.6 is 11.3 Å². The summed E-state index contributed by atoms with van der Waals surface area (Å²) in [4.78, 5) is 4.95. The Labute approximate surface area is 119 Å². The molecule has 0 saturated heterocycles. The van der Waals surface area contributed by atoms with E-state index >= 15 is 0 Å². The lowest BCUT2D eigenvalue weighted by molar-refractivity contribution is 0.530. The number of thiazole rings is 1. The molecule has 0 radical (unpaired) electrons. The van der Waals surface area contributed by atoms with Crippen molar-refractivity contribution in [3.8, 4) is 0 Å². The number of hydrogen-bond acceptors (Lipinski definition) is 2. The molecule has 1 aromatic carbocycles. The number of rotatable bonds is 4. The largest absolute Gasteiger partial charge is 0.245 e. The van der Waals surface area contributed by atoms with Crippen LogP contribution in [0, 0.1) is 0 Å². The van der Waals surface area contributed by atoms with Gasteiger partial charge in [-0.05, 0) is 24.8 Å². The van der Waals surface area contributed by atoms with Gasteiger partial charge < -0.3 is 0 Å². The molecule has 0 unspecified atom stereocenters. The fraction of sp³-hybridized carbons (Fsp3) is 0.471. The summed E-state index contributed by atoms with van der Waals surface area (Å²) in [5.74, 6) is 0. The minimum atomic E-state index is 0.206. The highest BCUT2D eigenvalue weighted by Crippen LogP contribution is 2.47. The fourth-order valence-corrected chi connectivity index (χ4v) is 4.40. The molecule has 19 heavy (non-hydrogen) atoms. The molecule has 1 aromatic heterocycles. The molecule has 1 saturated carbocycles. The molecule has 2 heteroatoms. The maximum absolute atomic E-state index is 4.95. The molecule has 0 bridgehead atoms. The Morgan fingerprint density at radius 1 is 1.16 bits per heavy atom. The van der Waals surface area contributed by atoms with Crippen molar-refractivity contribution < 1.29 is 0 Å². The van der Waals surface area contributed by atoms with Gasteiger partial charge in [0.2, 0.25) is 0 Å². The Hall–Kier alpha value is -1.15. The third-order valence-electron chi connectivity index (χ3n) is 4.25. The zero-order valence-electron chi connectivity index (χ0n) is 11.6. The van der Waals surface area contributed by atoms with Crippen LogP contribution in [0.3, 0.4) is 0 Å². The van der Waals surface area contributed by atoms with Crippen molar-refractivity contribution in [1.29, 1.82) is 0 Å². The molecule has 1 aliphatic carbocycles. The summed E-state index contributed by atoms with van der Waals surface area (Å²) in [5.41, 5.74) is 2.95. The molecule has 0 spiro atoms. The first-order valence-electron chi connectivity index (χ1n) is 7.35. The lowest BCUT2D eigenvalue weighted by Crippen LogP contribution is -2.23. The van der Waals surface area contributed by atoms with Gasteiger partial charge in [-0.15, -0.1) is 11.3 Å². The average Bonchev–Trinajstić information content (AvgIpc) is 3.09. The van der Waals surface area contributed by atoms with Crippen LogP contribution < -0.4 is 0 Å². The van der Waals surface area contributed by atoms with E-state index in [1.54, 1.807) is 0 Å². The highest BCUT2D eigenvalue weighted by Gasteiger charge is 2.39. The van der Waals surface area contributed by atoms with Gasteiger partial charge in [0.1, 0.15) is 5.01 Å². The zero-order valence-corrected chi connectivity index (χ0v) is 12.4. The minimum Gasteiger partial charge on any atom is -0.245 e. The number of aryl methyl sites for hydroxylation is 1. The number of nitrogens with zero attached hydrogens (tertiary/aromatic N) is 1. The fourth-order valence-electron chi connectivity index (χ4n) is 3.26. The van der Waals surface area contributed by atoms with Crippen molar-refractivity contribution in [2.75, 3.05) is 0 Å². The van der Waals surface area contributed by atoms with Crippen LogP contribution in [0.1, 0.15) is 55.3 Å². The van der Waals surface area contributed by atoms with Gasteiger partial charge in [0.25, 0.3) is 0 Å². The monoisotopic (exact) mass is 271 g/mol. The Morgan fingerprint density at radius 2 is 1.89 bits per heavy atom. The Kier molecular flexibility index (Phi) is 3.69. The van der Waals surface area contributed by atoms with E-state index in [4.69, 9.17) is 4.98 Å². The van der Waals surface area contributed by atoms with Crippen molar-refractivity contribution in [3.05, 3.63) is 52.0 Å². The normalized spacial score (nSPS) is 17.7. The van der Waals surface area contributed by atoms with Crippen LogP contribution in [0.5, 0.6) is 0 Å². The molecular formula is C17H21NS. The number of hydrogen-bond donors (Lipinski definition) is 0. The molecule has 100 valence electrons. The van der Waals surface area contributed by atoms with E-state index < -0.39 is 0 Å². The summed E-state index contributed by atoms with van der Waals surface area (Å²) in [6, 6.07) is 11.0. The summed E-state index contributed by atoms with van der Waals surface area (Å²) < 4.78 is 0. The van der Waals surface area contributed by atoms with Gasteiger partial charge in [-0.25, -0.2) is 4.98 Å². The smallest absolute Gasteiger partial charge is 0.103 e. The molecule has 1 nitrogen and oxygen atoms in total. The molecule has 2 aromatic rings. The van der Waals surface area contributed by atoms with Gasteiger partial charge >= 0.3 is 0 Å². The standard InChI is InChI=1S/C17H21NS/c1-2-8-15-13-19-16(18-15)17(11-6-7-12-17)14-9-4-3-5-10-14/h3-5,9-10,13H,2,6-8,11-12H2,1H3. The quantitative estimate of drug-likeness (QED) is 0.766. The summed E-state index contributed by atoms with van der Waals surface area (Å²) in [5, 5.41) is 3.61. The predicted octanol–water partition coefficient (Wildman–Crippen LogP) is 4.96. The lowest BCUT2D eigenvalue weighted by Gasteiger charge is -2.27. The van der Waals surface area contributed by atoms with Crippen molar-refractivity contribution in [3.63, 3.8) is 0 Å². The van der Waals surface area contributed by atoms with Gasteiger partial charge in [-0.1, -0.05) is 56.5 Å². The zero-order chi connectivity index (χ0) is 13.1. The minimum absolute atomic E-state index is 0.206. The Balaban J connectivity index is 2.00. The van der Waals surface area contributed by atoms with E-state index in [0.29, 0.717) is 0 Å². The van der Waals surface area contributed by atoms with Crippen LogP contribution in [-0.2, 0) is 11.8 Å². The molecule has 1 heterocycles. The van der Waals surface area contributed by atoms with Crippen molar-refractivity contribution in [2.45, 2.75) is 50.9 Å². The highest BCUT2D eigenvalue weighted by molar-refractivity contribution is 7.09. The second kappa shape index (κ2) is 5.46. The van der Waals surface area contributed by atoms with E-state index in [1.807, 2.05) is 11.3 Å². The second-order valence-electron chi connectivity index (χ2n) is 5.55. The van der Waals surface area contributed by atoms with Crippen LogP contribution in [-0.4, -0.2) is 4.98 Å². The van der Waals surface area contributed by atoms with Crippen molar-refractivity contribution in [2.24, 2.45) is 0 Å². The van der Waals surface area contributed by atoms with Gasteiger partial charge in [-0.2, -0.15) is 0 Å². The van der Waals surface area contributed by atoms with Crippen LogP contribution in [0.2, 0.25) is 0 Å². The number of benzene rings is 1. The van der Waals surface area contributed by atoms with Crippen molar-refractivity contribution in [1.82, 2.24) is 4.98 Å². The average molecular weight is 271 g/mol. The van der Waals surface area contributed by atoms with E-state index in [-0.39, 0.29) is 5.41 Å². The molecule has 0 aliphatic heterocycles. The molecule has 1 aliphatic rings. The SMILES string of the molecule is CCCc1csc(C2(c3ccccc3)CCCC2)n1. The first kappa shape index (κ1) is 12.9. The van der Waals surface area contributed by atoms with Crippen LogP contribution in [0.15, 0.2) is 35.7 Å². The van der Waals surface area contributed by atoms with Crippen molar-refractivity contribution >= 4 is 11.3 Å². The first-order chi connectivity index (χ1) is 9.35.